The number of aryl methyl sites for hydroxylation is 2. The molecule has 2 N–H and O–H groups in total. The van der Waals surface area contributed by atoms with Crippen LogP contribution in [0.4, 0.5) is 9.59 Å². The van der Waals surface area contributed by atoms with E-state index in [9.17, 15) is 9.59 Å². The van der Waals surface area contributed by atoms with Crippen molar-refractivity contribution >= 4 is 28.9 Å². The molecule has 43 heavy (non-hydrogen) atoms. The first-order valence-corrected chi connectivity index (χ1v) is 14.3. The Balaban J connectivity index is 1.76. The summed E-state index contributed by atoms with van der Waals surface area (Å²) in [6.45, 7) is 14.7. The van der Waals surface area contributed by atoms with Crippen LogP contribution in [0.5, 0.6) is 0 Å². The number of benzene rings is 3. The Morgan fingerprint density at radius 1 is 0.721 bits per heavy atom. The molecule has 0 unspecified atom stereocenters. The van der Waals surface area contributed by atoms with E-state index in [0.717, 1.165) is 44.3 Å². The second kappa shape index (κ2) is 12.7. The summed E-state index contributed by atoms with van der Waals surface area (Å²) in [4.78, 5) is 34.8. The number of guanidine groups is 1. The summed E-state index contributed by atoms with van der Waals surface area (Å²) >= 11 is 0. The van der Waals surface area contributed by atoms with Gasteiger partial charge in [0.05, 0.1) is 17.9 Å². The third-order valence-electron chi connectivity index (χ3n) is 6.42. The highest BCUT2D eigenvalue weighted by atomic mass is 16.6. The van der Waals surface area contributed by atoms with E-state index in [2.05, 4.69) is 71.9 Å². The summed E-state index contributed by atoms with van der Waals surface area (Å²) < 4.78 is 10.8. The number of rotatable bonds is 4. The molecule has 0 fully saturated rings. The van der Waals surface area contributed by atoms with Crippen LogP contribution in [0, 0.1) is 13.8 Å². The molecule has 3 aromatic carbocycles. The van der Waals surface area contributed by atoms with Crippen LogP contribution in [0.3, 0.4) is 0 Å². The van der Waals surface area contributed by atoms with Crippen LogP contribution < -0.4 is 10.6 Å². The van der Waals surface area contributed by atoms with E-state index >= 15 is 0 Å². The van der Waals surface area contributed by atoms with Crippen molar-refractivity contribution < 1.29 is 19.1 Å². The molecule has 0 saturated heterocycles. The second-order valence-corrected chi connectivity index (χ2v) is 12.5. The van der Waals surface area contributed by atoms with Gasteiger partial charge in [-0.05, 0) is 101 Å². The molecule has 4 rings (SSSR count). The number of aliphatic imine (C=N–C) groups is 1. The first kappa shape index (κ1) is 31.2. The summed E-state index contributed by atoms with van der Waals surface area (Å²) in [6, 6.07) is 24.8. The number of alkyl carbamates (subject to hydrolysis) is 2. The standard InChI is InChI=1S/C35H40N4O4/c1-22-17-27-20-29(26-16-12-15-25(19-26)24-13-10-9-11-14-24)37-30(28(27)18-23(22)2)21-36-31(38-32(40)42-34(3,4)5)39-33(41)43-35(6,7)8/h9-20H,21H2,1-8H3,(H2,36,38,39,40,41). The van der Waals surface area contributed by atoms with E-state index in [4.69, 9.17) is 14.5 Å². The van der Waals surface area contributed by atoms with E-state index in [-0.39, 0.29) is 12.5 Å². The number of aromatic nitrogens is 1. The molecule has 1 heterocycles. The fourth-order valence-electron chi connectivity index (χ4n) is 4.41. The molecule has 4 aromatic rings. The first-order valence-electron chi connectivity index (χ1n) is 14.3. The predicted molar refractivity (Wildman–Crippen MR) is 172 cm³/mol. The van der Waals surface area contributed by atoms with Gasteiger partial charge >= 0.3 is 12.2 Å². The Morgan fingerprint density at radius 3 is 1.88 bits per heavy atom. The van der Waals surface area contributed by atoms with Crippen LogP contribution in [0.25, 0.3) is 33.2 Å². The molecule has 0 spiro atoms. The fourth-order valence-corrected chi connectivity index (χ4v) is 4.41. The second-order valence-electron chi connectivity index (χ2n) is 12.5. The highest BCUT2D eigenvalue weighted by Gasteiger charge is 2.21. The molecule has 1 aromatic heterocycles. The molecule has 0 aliphatic rings. The monoisotopic (exact) mass is 580 g/mol. The molecule has 0 atom stereocenters. The summed E-state index contributed by atoms with van der Waals surface area (Å²) in [5, 5.41) is 7.05. The van der Waals surface area contributed by atoms with Crippen molar-refractivity contribution in [3.8, 4) is 22.4 Å². The molecular weight excluding hydrogens is 540 g/mol. The molecule has 0 aliphatic heterocycles. The molecular formula is C35H40N4O4. The van der Waals surface area contributed by atoms with E-state index in [0.29, 0.717) is 5.69 Å². The van der Waals surface area contributed by atoms with Gasteiger partial charge in [-0.15, -0.1) is 0 Å². The molecule has 224 valence electrons. The quantitative estimate of drug-likeness (QED) is 0.188. The van der Waals surface area contributed by atoms with Gasteiger partial charge in [0, 0.05) is 10.9 Å². The van der Waals surface area contributed by atoms with Gasteiger partial charge in [0.2, 0.25) is 5.96 Å². The highest BCUT2D eigenvalue weighted by molar-refractivity contribution is 6.01. The fraction of sp³-hybridized carbons (Fsp3) is 0.314. The van der Waals surface area contributed by atoms with Crippen molar-refractivity contribution in [1.82, 2.24) is 15.6 Å². The van der Waals surface area contributed by atoms with E-state index in [1.54, 1.807) is 41.5 Å². The number of hydrogen-bond acceptors (Lipinski definition) is 6. The highest BCUT2D eigenvalue weighted by Crippen LogP contribution is 2.30. The molecule has 8 nitrogen and oxygen atoms in total. The Labute approximate surface area is 253 Å². The zero-order chi connectivity index (χ0) is 31.4. The van der Waals surface area contributed by atoms with Crippen molar-refractivity contribution in [3.05, 3.63) is 89.6 Å². The number of ether oxygens (including phenoxy) is 2. The normalized spacial score (nSPS) is 11.5. The van der Waals surface area contributed by atoms with Gasteiger partial charge < -0.3 is 9.47 Å². The Bertz CT molecular complexity index is 1630. The van der Waals surface area contributed by atoms with E-state index < -0.39 is 23.4 Å². The van der Waals surface area contributed by atoms with Crippen molar-refractivity contribution in [2.75, 3.05) is 0 Å². The smallest absolute Gasteiger partial charge is 0.414 e. The number of carbonyl (C=O) groups is 2. The van der Waals surface area contributed by atoms with Gasteiger partial charge in [-0.25, -0.2) is 14.6 Å². The topological polar surface area (TPSA) is 102 Å². The molecule has 0 aliphatic carbocycles. The Kier molecular flexibility index (Phi) is 9.19. The lowest BCUT2D eigenvalue weighted by molar-refractivity contribution is 0.0545. The van der Waals surface area contributed by atoms with Crippen LogP contribution in [0.15, 0.2) is 77.8 Å². The Morgan fingerprint density at radius 2 is 1.28 bits per heavy atom. The van der Waals surface area contributed by atoms with Crippen LogP contribution >= 0.6 is 0 Å². The maximum Gasteiger partial charge on any atom is 0.414 e. The summed E-state index contributed by atoms with van der Waals surface area (Å²) in [5.74, 6) is -0.0984. The number of nitrogens with one attached hydrogen (secondary N) is 2. The lowest BCUT2D eigenvalue weighted by Crippen LogP contribution is -2.47. The lowest BCUT2D eigenvalue weighted by Gasteiger charge is -2.22. The molecule has 0 bridgehead atoms. The molecule has 0 saturated carbocycles. The number of hydrogen-bond donors (Lipinski definition) is 2. The minimum Gasteiger partial charge on any atom is -0.444 e. The van der Waals surface area contributed by atoms with Crippen LogP contribution in [-0.2, 0) is 16.0 Å². The first-order chi connectivity index (χ1) is 20.2. The number of nitrogens with zero attached hydrogens (tertiary/aromatic N) is 2. The zero-order valence-electron chi connectivity index (χ0n) is 26.2. The van der Waals surface area contributed by atoms with Crippen LogP contribution in [0.1, 0.15) is 58.4 Å². The molecule has 8 heteroatoms. The summed E-state index contributed by atoms with van der Waals surface area (Å²) in [7, 11) is 0. The van der Waals surface area contributed by atoms with E-state index in [1.807, 2.05) is 30.3 Å². The number of carbonyl (C=O) groups excluding carboxylic acids is 2. The van der Waals surface area contributed by atoms with Crippen molar-refractivity contribution in [1.29, 1.82) is 0 Å². The molecule has 2 amide bonds. The van der Waals surface area contributed by atoms with Gasteiger partial charge in [0.25, 0.3) is 0 Å². The van der Waals surface area contributed by atoms with Gasteiger partial charge in [0.1, 0.15) is 11.2 Å². The molecule has 0 radical (unpaired) electrons. The van der Waals surface area contributed by atoms with Gasteiger partial charge in [-0.2, -0.15) is 0 Å². The average Bonchev–Trinajstić information content (AvgIpc) is 2.90. The summed E-state index contributed by atoms with van der Waals surface area (Å²) in [5.41, 5.74) is 5.46. The van der Waals surface area contributed by atoms with Crippen molar-refractivity contribution in [3.63, 3.8) is 0 Å². The summed E-state index contributed by atoms with van der Waals surface area (Å²) in [6.07, 6.45) is -1.50. The Hall–Kier alpha value is -4.72. The number of fused-ring (bicyclic) bond motifs is 1. The third kappa shape index (κ3) is 8.88. The minimum absolute atomic E-state index is 0.0755. The van der Waals surface area contributed by atoms with Crippen LogP contribution in [0.2, 0.25) is 0 Å². The third-order valence-corrected chi connectivity index (χ3v) is 6.42. The largest absolute Gasteiger partial charge is 0.444 e. The van der Waals surface area contributed by atoms with Crippen molar-refractivity contribution in [2.24, 2.45) is 4.99 Å². The van der Waals surface area contributed by atoms with Gasteiger partial charge in [-0.3, -0.25) is 15.6 Å². The van der Waals surface area contributed by atoms with Crippen molar-refractivity contribution in [2.45, 2.75) is 73.1 Å². The number of amides is 2. The lowest BCUT2D eigenvalue weighted by atomic mass is 9.98. The minimum atomic E-state index is -0.752. The maximum absolute atomic E-state index is 12.6. The average molecular weight is 581 g/mol. The maximum atomic E-state index is 12.6. The van der Waals surface area contributed by atoms with Gasteiger partial charge in [-0.1, -0.05) is 54.6 Å². The van der Waals surface area contributed by atoms with Crippen LogP contribution in [-0.4, -0.2) is 34.3 Å². The predicted octanol–water partition coefficient (Wildman–Crippen LogP) is 8.09. The van der Waals surface area contributed by atoms with E-state index in [1.165, 1.54) is 0 Å². The zero-order valence-corrected chi connectivity index (χ0v) is 26.2. The van der Waals surface area contributed by atoms with Gasteiger partial charge in [0.15, 0.2) is 0 Å². The number of pyridine rings is 1. The SMILES string of the molecule is Cc1cc2cc(-c3cccc(-c4ccccc4)c3)nc(CN=C(NC(=O)OC(C)(C)C)NC(=O)OC(C)(C)C)c2cc1C.